The van der Waals surface area contributed by atoms with Gasteiger partial charge in [-0.05, 0) is 26.3 Å². The number of amides is 1. The first-order chi connectivity index (χ1) is 10.7. The molecular weight excluding hydrogens is 304 g/mol. The zero-order chi connectivity index (χ0) is 17.0. The lowest BCUT2D eigenvalue weighted by Gasteiger charge is -2.20. The van der Waals surface area contributed by atoms with E-state index in [4.69, 9.17) is 4.74 Å². The van der Waals surface area contributed by atoms with Crippen LogP contribution in [0.4, 0.5) is 8.78 Å². The number of hydrogen-bond acceptors (Lipinski definition) is 4. The summed E-state index contributed by atoms with van der Waals surface area (Å²) >= 11 is 0. The van der Waals surface area contributed by atoms with Crippen LogP contribution in [0.1, 0.15) is 36.8 Å². The molecule has 0 unspecified atom stereocenters. The summed E-state index contributed by atoms with van der Waals surface area (Å²) in [5.74, 6) is -2.09. The van der Waals surface area contributed by atoms with E-state index in [9.17, 15) is 13.6 Å². The Morgan fingerprint density at radius 1 is 1.22 bits per heavy atom. The van der Waals surface area contributed by atoms with E-state index < -0.39 is 23.2 Å². The van der Waals surface area contributed by atoms with E-state index in [1.165, 1.54) is 0 Å². The van der Waals surface area contributed by atoms with Crippen LogP contribution < -0.4 is 10.1 Å². The Hall–Kier alpha value is -2.57. The molecule has 2 rings (SSSR count). The lowest BCUT2D eigenvalue weighted by atomic mass is 10.2. The highest BCUT2D eigenvalue weighted by molar-refractivity contribution is 5.92. The zero-order valence-electron chi connectivity index (χ0n) is 13.1. The lowest BCUT2D eigenvalue weighted by molar-refractivity contribution is 0.0941. The summed E-state index contributed by atoms with van der Waals surface area (Å²) in [6.45, 7) is 5.87. The van der Waals surface area contributed by atoms with Gasteiger partial charge in [0.05, 0.1) is 6.20 Å². The van der Waals surface area contributed by atoms with Gasteiger partial charge in [-0.15, -0.1) is 0 Å². The van der Waals surface area contributed by atoms with Gasteiger partial charge in [-0.3, -0.25) is 4.79 Å². The third kappa shape index (κ3) is 4.98. The zero-order valence-corrected chi connectivity index (χ0v) is 13.1. The van der Waals surface area contributed by atoms with Gasteiger partial charge in [0, 0.05) is 24.9 Å². The molecule has 0 fully saturated rings. The van der Waals surface area contributed by atoms with Gasteiger partial charge >= 0.3 is 0 Å². The largest absolute Gasteiger partial charge is 0.472 e. The Morgan fingerprint density at radius 3 is 2.52 bits per heavy atom. The molecule has 0 aliphatic rings. The van der Waals surface area contributed by atoms with Crippen molar-refractivity contribution in [1.29, 1.82) is 0 Å². The number of nitrogens with zero attached hydrogens (tertiary/aromatic N) is 2. The summed E-state index contributed by atoms with van der Waals surface area (Å²) in [7, 11) is 0. The molecule has 0 bridgehead atoms. The van der Waals surface area contributed by atoms with Crippen molar-refractivity contribution < 1.29 is 18.3 Å². The smallest absolute Gasteiger partial charge is 0.273 e. The molecule has 0 radical (unpaired) electrons. The van der Waals surface area contributed by atoms with E-state index in [1.807, 2.05) is 20.8 Å². The Kier molecular flexibility index (Phi) is 4.88. The molecule has 0 aliphatic heterocycles. The summed E-state index contributed by atoms with van der Waals surface area (Å²) in [4.78, 5) is 19.4. The molecule has 0 atom stereocenters. The molecule has 0 saturated heterocycles. The van der Waals surface area contributed by atoms with Crippen LogP contribution in [0.3, 0.4) is 0 Å². The first-order valence-electron chi connectivity index (χ1n) is 6.98. The molecule has 0 saturated carbocycles. The Morgan fingerprint density at radius 2 is 1.96 bits per heavy atom. The van der Waals surface area contributed by atoms with E-state index in [0.717, 1.165) is 6.20 Å². The molecule has 7 heteroatoms. The monoisotopic (exact) mass is 321 g/mol. The second-order valence-electron chi connectivity index (χ2n) is 5.89. The van der Waals surface area contributed by atoms with Gasteiger partial charge in [-0.1, -0.05) is 6.07 Å². The van der Waals surface area contributed by atoms with Crippen LogP contribution in [-0.4, -0.2) is 21.5 Å². The first kappa shape index (κ1) is 16.8. The predicted molar refractivity (Wildman–Crippen MR) is 79.9 cm³/mol. The van der Waals surface area contributed by atoms with E-state index >= 15 is 0 Å². The normalized spacial score (nSPS) is 11.2. The summed E-state index contributed by atoms with van der Waals surface area (Å²) in [5.41, 5.74) is -0.0942. The number of carbonyl (C=O) groups excluding carboxylic acids is 1. The number of ether oxygens (including phenoxy) is 1. The van der Waals surface area contributed by atoms with Gasteiger partial charge < -0.3 is 10.1 Å². The molecule has 2 aromatic heterocycles. The fourth-order valence-corrected chi connectivity index (χ4v) is 1.74. The highest BCUT2D eigenvalue weighted by Crippen LogP contribution is 2.15. The summed E-state index contributed by atoms with van der Waals surface area (Å²) in [5, 5.41) is 2.50. The molecule has 1 N–H and O–H groups in total. The Balaban J connectivity index is 1.96. The molecule has 0 aromatic carbocycles. The molecular formula is C16H17F2N3O2. The van der Waals surface area contributed by atoms with Crippen LogP contribution >= 0.6 is 0 Å². The van der Waals surface area contributed by atoms with Gasteiger partial charge in [0.25, 0.3) is 5.91 Å². The van der Waals surface area contributed by atoms with Gasteiger partial charge in [-0.2, -0.15) is 0 Å². The third-order valence-corrected chi connectivity index (χ3v) is 2.68. The number of aromatic nitrogens is 2. The van der Waals surface area contributed by atoms with Gasteiger partial charge in [0.1, 0.15) is 11.4 Å². The van der Waals surface area contributed by atoms with Crippen molar-refractivity contribution in [3.8, 4) is 5.88 Å². The van der Waals surface area contributed by atoms with Crippen molar-refractivity contribution in [1.82, 2.24) is 15.3 Å². The molecule has 5 nitrogen and oxygen atoms in total. The van der Waals surface area contributed by atoms with Crippen molar-refractivity contribution in [2.75, 3.05) is 0 Å². The van der Waals surface area contributed by atoms with Crippen molar-refractivity contribution >= 4 is 5.91 Å². The fraction of sp³-hybridized carbons (Fsp3) is 0.312. The van der Waals surface area contributed by atoms with Crippen molar-refractivity contribution in [3.05, 3.63) is 53.5 Å². The van der Waals surface area contributed by atoms with E-state index in [0.29, 0.717) is 17.5 Å². The lowest BCUT2D eigenvalue weighted by Crippen LogP contribution is -2.25. The number of nitrogens with one attached hydrogen (secondary N) is 1. The number of hydrogen-bond donors (Lipinski definition) is 1. The van der Waals surface area contributed by atoms with Gasteiger partial charge in [0.15, 0.2) is 11.5 Å². The van der Waals surface area contributed by atoms with Crippen molar-refractivity contribution in [3.63, 3.8) is 0 Å². The summed E-state index contributed by atoms with van der Waals surface area (Å²) < 4.78 is 31.8. The van der Waals surface area contributed by atoms with Gasteiger partial charge in [0.2, 0.25) is 5.88 Å². The standard InChI is InChI=1S/C16H17F2N3O2/c1-16(2,3)23-13-5-4-10(7-19-13)8-21-15(22)14-12(18)6-11(17)9-20-14/h4-7,9H,8H2,1-3H3,(H,21,22). The predicted octanol–water partition coefficient (Wildman–Crippen LogP) is 2.86. The third-order valence-electron chi connectivity index (χ3n) is 2.68. The maximum atomic E-state index is 13.4. The van der Waals surface area contributed by atoms with Gasteiger partial charge in [-0.25, -0.2) is 18.7 Å². The highest BCUT2D eigenvalue weighted by atomic mass is 19.1. The van der Waals surface area contributed by atoms with Crippen LogP contribution in [0, 0.1) is 11.6 Å². The van der Waals surface area contributed by atoms with Crippen LogP contribution in [-0.2, 0) is 6.54 Å². The maximum Gasteiger partial charge on any atom is 0.273 e. The molecule has 0 aliphatic carbocycles. The molecule has 122 valence electrons. The average Bonchev–Trinajstić information content (AvgIpc) is 2.44. The number of carbonyl (C=O) groups is 1. The van der Waals surface area contributed by atoms with Crippen LogP contribution in [0.5, 0.6) is 5.88 Å². The average molecular weight is 321 g/mol. The second kappa shape index (κ2) is 6.68. The van der Waals surface area contributed by atoms with E-state index in [1.54, 1.807) is 18.3 Å². The molecule has 1 amide bonds. The number of rotatable bonds is 4. The highest BCUT2D eigenvalue weighted by Gasteiger charge is 2.15. The first-order valence-corrected chi connectivity index (χ1v) is 6.98. The molecule has 0 spiro atoms. The van der Waals surface area contributed by atoms with Crippen LogP contribution in [0.25, 0.3) is 0 Å². The molecule has 23 heavy (non-hydrogen) atoms. The van der Waals surface area contributed by atoms with Crippen LogP contribution in [0.2, 0.25) is 0 Å². The Bertz CT molecular complexity index is 697. The SMILES string of the molecule is CC(C)(C)Oc1ccc(CNC(=O)c2ncc(F)cc2F)cn1. The van der Waals surface area contributed by atoms with E-state index in [2.05, 4.69) is 15.3 Å². The maximum absolute atomic E-state index is 13.4. The Labute approximate surface area is 132 Å². The van der Waals surface area contributed by atoms with Crippen molar-refractivity contribution in [2.45, 2.75) is 32.9 Å². The minimum Gasteiger partial charge on any atom is -0.472 e. The van der Waals surface area contributed by atoms with E-state index in [-0.39, 0.29) is 12.1 Å². The summed E-state index contributed by atoms with van der Waals surface area (Å²) in [6, 6.07) is 4.04. The number of pyridine rings is 2. The number of halogens is 2. The minimum absolute atomic E-state index is 0.139. The van der Waals surface area contributed by atoms with Crippen molar-refractivity contribution in [2.24, 2.45) is 0 Å². The second-order valence-corrected chi connectivity index (χ2v) is 5.89. The quantitative estimate of drug-likeness (QED) is 0.940. The molecule has 2 aromatic rings. The fourth-order valence-electron chi connectivity index (χ4n) is 1.74. The summed E-state index contributed by atoms with van der Waals surface area (Å²) in [6.07, 6.45) is 2.34. The molecule has 2 heterocycles. The minimum atomic E-state index is -1.01. The van der Waals surface area contributed by atoms with Crippen LogP contribution in [0.15, 0.2) is 30.6 Å². The topological polar surface area (TPSA) is 64.1 Å².